The van der Waals surface area contributed by atoms with E-state index in [1.807, 2.05) is 24.3 Å². The Balaban J connectivity index is 1.57. The summed E-state index contributed by atoms with van der Waals surface area (Å²) in [5.74, 6) is -0.130. The number of hydrogen-bond donors (Lipinski definition) is 2. The van der Waals surface area contributed by atoms with Gasteiger partial charge in [0.05, 0.1) is 18.2 Å². The van der Waals surface area contributed by atoms with Crippen LogP contribution in [0.2, 0.25) is 5.02 Å². The third-order valence-electron chi connectivity index (χ3n) is 5.97. The van der Waals surface area contributed by atoms with Crippen LogP contribution in [-0.2, 0) is 17.8 Å². The van der Waals surface area contributed by atoms with E-state index in [0.717, 1.165) is 17.5 Å². The number of carboxylic acid groups (broad SMARTS) is 1. The Morgan fingerprint density at radius 1 is 1.11 bits per heavy atom. The van der Waals surface area contributed by atoms with Gasteiger partial charge in [-0.25, -0.2) is 14.8 Å². The number of aromatic nitrogens is 1. The lowest BCUT2D eigenvalue weighted by molar-refractivity contribution is -0.141. The number of hydrogen-bond acceptors (Lipinski definition) is 5. The van der Waals surface area contributed by atoms with E-state index in [4.69, 9.17) is 16.3 Å². The maximum Gasteiger partial charge on any atom is 0.329 e. The van der Waals surface area contributed by atoms with Crippen LogP contribution < -0.4 is 10.1 Å². The Bertz CT molecular complexity index is 1340. The molecule has 1 saturated heterocycles. The molecule has 0 unspecified atom stereocenters. The molecule has 0 saturated carbocycles. The summed E-state index contributed by atoms with van der Waals surface area (Å²) in [4.78, 5) is 36.3. The maximum atomic E-state index is 12.9. The lowest BCUT2D eigenvalue weighted by Gasteiger charge is -2.40. The number of halogens is 1. The monoisotopic (exact) mass is 533 g/mol. The number of pyridine rings is 1. The molecule has 38 heavy (non-hydrogen) atoms. The second-order valence-corrected chi connectivity index (χ2v) is 9.23. The molecule has 0 aliphatic carbocycles. The number of benzene rings is 2. The second kappa shape index (κ2) is 11.8. The highest BCUT2D eigenvalue weighted by molar-refractivity contribution is 6.30. The number of aliphatic imine (C=N–C) groups is 1. The van der Waals surface area contributed by atoms with E-state index in [1.165, 1.54) is 11.8 Å². The summed E-state index contributed by atoms with van der Waals surface area (Å²) in [6.07, 6.45) is 2.68. The molecule has 2 heterocycles. The van der Waals surface area contributed by atoms with Gasteiger partial charge in [-0.1, -0.05) is 50.2 Å². The zero-order chi connectivity index (χ0) is 27.2. The van der Waals surface area contributed by atoms with Gasteiger partial charge in [0, 0.05) is 23.8 Å². The third kappa shape index (κ3) is 6.49. The van der Waals surface area contributed by atoms with Crippen LogP contribution in [0.5, 0.6) is 11.6 Å². The van der Waals surface area contributed by atoms with Gasteiger partial charge in [0.2, 0.25) is 11.8 Å². The number of amides is 2. The molecule has 2 N–H and O–H groups in total. The van der Waals surface area contributed by atoms with Crippen LogP contribution in [0.25, 0.3) is 0 Å². The van der Waals surface area contributed by atoms with Gasteiger partial charge < -0.3 is 9.84 Å². The number of rotatable bonds is 9. The molecule has 10 heteroatoms. The molecule has 9 nitrogen and oxygen atoms in total. The molecule has 1 aliphatic heterocycles. The van der Waals surface area contributed by atoms with E-state index in [0.29, 0.717) is 34.7 Å². The van der Waals surface area contributed by atoms with Crippen LogP contribution in [0, 0.1) is 5.92 Å². The Hall–Kier alpha value is -4.37. The Labute approximate surface area is 226 Å². The molecule has 1 fully saturated rings. The fourth-order valence-electron chi connectivity index (χ4n) is 3.70. The number of carbonyl (C=O) groups excluding carboxylic acids is 1. The molecule has 1 atom stereocenters. The van der Waals surface area contributed by atoms with Crippen molar-refractivity contribution in [2.75, 3.05) is 6.54 Å². The molecule has 2 aromatic carbocycles. The van der Waals surface area contributed by atoms with E-state index in [2.05, 4.69) is 28.8 Å². The summed E-state index contributed by atoms with van der Waals surface area (Å²) in [6.45, 7) is 7.97. The van der Waals surface area contributed by atoms with Crippen LogP contribution in [-0.4, -0.2) is 44.4 Å². The summed E-state index contributed by atoms with van der Waals surface area (Å²) in [5.41, 5.74) is 2.60. The van der Waals surface area contributed by atoms with Gasteiger partial charge in [0.15, 0.2) is 0 Å². The lowest BCUT2D eigenvalue weighted by Crippen LogP contribution is -2.58. The van der Waals surface area contributed by atoms with E-state index in [1.54, 1.807) is 47.5 Å². The average Bonchev–Trinajstić information content (AvgIpc) is 2.91. The van der Waals surface area contributed by atoms with Crippen LogP contribution in [0.4, 0.5) is 10.5 Å². The minimum Gasteiger partial charge on any atom is -0.481 e. The van der Waals surface area contributed by atoms with Crippen LogP contribution in [0.3, 0.4) is 0 Å². The van der Waals surface area contributed by atoms with Crippen LogP contribution in [0.15, 0.2) is 84.3 Å². The number of ether oxygens (including phenoxy) is 1. The number of carboxylic acids is 1. The number of urea groups is 1. The zero-order valence-corrected chi connectivity index (χ0v) is 21.9. The summed E-state index contributed by atoms with van der Waals surface area (Å²) in [5, 5.41) is 12.7. The zero-order valence-electron chi connectivity index (χ0n) is 21.1. The molecule has 0 bridgehead atoms. The predicted molar refractivity (Wildman–Crippen MR) is 145 cm³/mol. The number of carbonyl (C=O) groups is 2. The minimum atomic E-state index is -1.01. The lowest BCUT2D eigenvalue weighted by atomic mass is 10.1. The highest BCUT2D eigenvalue weighted by Gasteiger charge is 2.34. The van der Waals surface area contributed by atoms with Crippen molar-refractivity contribution in [2.24, 2.45) is 10.9 Å². The quantitative estimate of drug-likeness (QED) is 0.360. The van der Waals surface area contributed by atoms with Gasteiger partial charge in [0.25, 0.3) is 0 Å². The Morgan fingerprint density at radius 2 is 1.79 bits per heavy atom. The van der Waals surface area contributed by atoms with Crippen molar-refractivity contribution in [1.29, 1.82) is 0 Å². The van der Waals surface area contributed by atoms with Crippen molar-refractivity contribution >= 4 is 35.2 Å². The first-order valence-electron chi connectivity index (χ1n) is 12.1. The Morgan fingerprint density at radius 3 is 2.39 bits per heavy atom. The normalized spacial score (nSPS) is 15.4. The fourth-order valence-corrected chi connectivity index (χ4v) is 3.82. The molecular weight excluding hydrogens is 506 g/mol. The van der Waals surface area contributed by atoms with Gasteiger partial charge in [-0.15, -0.1) is 0 Å². The number of nitrogens with one attached hydrogen (secondary N) is 1. The summed E-state index contributed by atoms with van der Waals surface area (Å²) in [7, 11) is 0. The van der Waals surface area contributed by atoms with Crippen molar-refractivity contribution in [2.45, 2.75) is 26.8 Å². The van der Waals surface area contributed by atoms with Crippen molar-refractivity contribution in [3.05, 3.63) is 95.4 Å². The topological polar surface area (TPSA) is 107 Å². The predicted octanol–water partition coefficient (Wildman–Crippen LogP) is 5.80. The van der Waals surface area contributed by atoms with E-state index >= 15 is 0 Å². The number of nitrogens with zero attached hydrogens (tertiary/aromatic N) is 4. The minimum absolute atomic E-state index is 0.0380. The van der Waals surface area contributed by atoms with Crippen LogP contribution in [0.1, 0.15) is 25.0 Å². The first-order chi connectivity index (χ1) is 18.2. The molecule has 0 spiro atoms. The molecular formula is C28H28ClN5O4. The molecule has 2 amide bonds. The van der Waals surface area contributed by atoms with Gasteiger partial charge in [-0.05, 0) is 53.9 Å². The fraction of sp³-hybridized carbons (Fsp3) is 0.214. The second-order valence-electron chi connectivity index (χ2n) is 8.80. The standard InChI is InChI=1S/C28H28ClN5O4/c1-4-20-7-14-25(30-15-20)38-24-12-10-23(11-13-24)31-27-32-28(37)34(16-18(2)26(35)36)19(3)33(27)17-21-5-8-22(29)9-6-21/h5-15,18H,3-4,16-17H2,1-2H3,(H,35,36)(H,31,32,37)/t18-/m0/s1. The molecule has 1 aliphatic rings. The van der Waals surface area contributed by atoms with Crippen molar-refractivity contribution in [1.82, 2.24) is 20.1 Å². The summed E-state index contributed by atoms with van der Waals surface area (Å²) >= 11 is 6.04. The maximum absolute atomic E-state index is 12.9. The van der Waals surface area contributed by atoms with Gasteiger partial charge in [0.1, 0.15) is 11.6 Å². The van der Waals surface area contributed by atoms with Gasteiger partial charge in [-0.3, -0.25) is 19.9 Å². The molecule has 4 rings (SSSR count). The van der Waals surface area contributed by atoms with Gasteiger partial charge >= 0.3 is 12.0 Å². The first-order valence-corrected chi connectivity index (χ1v) is 12.4. The molecule has 1 aromatic heterocycles. The summed E-state index contributed by atoms with van der Waals surface area (Å²) in [6, 6.07) is 17.6. The number of aliphatic carboxylic acids is 1. The van der Waals surface area contributed by atoms with Crippen LogP contribution >= 0.6 is 11.6 Å². The number of guanidine groups is 1. The van der Waals surface area contributed by atoms with Crippen molar-refractivity contribution in [3.8, 4) is 11.6 Å². The highest BCUT2D eigenvalue weighted by Crippen LogP contribution is 2.26. The smallest absolute Gasteiger partial charge is 0.329 e. The van der Waals surface area contributed by atoms with E-state index in [9.17, 15) is 14.7 Å². The van der Waals surface area contributed by atoms with E-state index in [-0.39, 0.29) is 12.5 Å². The first kappa shape index (κ1) is 26.7. The highest BCUT2D eigenvalue weighted by atomic mass is 35.5. The Kier molecular flexibility index (Phi) is 8.28. The van der Waals surface area contributed by atoms with E-state index < -0.39 is 17.9 Å². The van der Waals surface area contributed by atoms with Crippen molar-refractivity contribution < 1.29 is 19.4 Å². The summed E-state index contributed by atoms with van der Waals surface area (Å²) < 4.78 is 5.82. The molecule has 3 aromatic rings. The van der Waals surface area contributed by atoms with Gasteiger partial charge in [-0.2, -0.15) is 0 Å². The molecule has 0 radical (unpaired) electrons. The largest absolute Gasteiger partial charge is 0.481 e. The van der Waals surface area contributed by atoms with Crippen molar-refractivity contribution in [3.63, 3.8) is 0 Å². The third-order valence-corrected chi connectivity index (χ3v) is 6.23. The average molecular weight is 534 g/mol. The number of aryl methyl sites for hydroxylation is 1. The SMILES string of the molecule is C=C1N(C[C@H](C)C(=O)O)C(=O)N/C(=N\c2ccc(Oc3ccc(CC)cn3)cc2)N1Cc1ccc(Cl)cc1. The molecule has 196 valence electrons.